The van der Waals surface area contributed by atoms with Crippen molar-refractivity contribution in [1.29, 1.82) is 0 Å². The molecule has 190 valence electrons. The Morgan fingerprint density at radius 1 is 1.06 bits per heavy atom. The van der Waals surface area contributed by atoms with Crippen LogP contribution in [0.4, 0.5) is 5.69 Å². The summed E-state index contributed by atoms with van der Waals surface area (Å²) in [5, 5.41) is 1.15. The molecule has 3 aliphatic rings. The van der Waals surface area contributed by atoms with E-state index < -0.39 is 9.84 Å². The van der Waals surface area contributed by atoms with E-state index in [1.54, 1.807) is 11.3 Å². The van der Waals surface area contributed by atoms with Gasteiger partial charge in [0, 0.05) is 43.8 Å². The normalized spacial score (nSPS) is 25.3. The molecular weight excluding hydrogens is 484 g/mol. The average Bonchev–Trinajstić information content (AvgIpc) is 3.34. The summed E-state index contributed by atoms with van der Waals surface area (Å²) in [5.74, 6) is 0.611. The van der Waals surface area contributed by atoms with Crippen LogP contribution >= 0.6 is 11.3 Å². The van der Waals surface area contributed by atoms with E-state index in [1.807, 2.05) is 0 Å². The first kappa shape index (κ1) is 24.7. The Morgan fingerprint density at radius 3 is 2.43 bits per heavy atom. The minimum absolute atomic E-state index is 0.0722. The van der Waals surface area contributed by atoms with Gasteiger partial charge in [0.1, 0.15) is 0 Å². The van der Waals surface area contributed by atoms with Crippen molar-refractivity contribution >= 4 is 32.8 Å². The second-order valence-electron chi connectivity index (χ2n) is 9.86. The van der Waals surface area contributed by atoms with Crippen LogP contribution in [0.2, 0.25) is 0 Å². The Bertz CT molecular complexity index is 1120. The lowest BCUT2D eigenvalue weighted by molar-refractivity contribution is -0.147. The molecule has 5 rings (SSSR count). The fourth-order valence-electron chi connectivity index (χ4n) is 5.61. The van der Waals surface area contributed by atoms with E-state index in [9.17, 15) is 13.2 Å². The van der Waals surface area contributed by atoms with Crippen molar-refractivity contribution in [2.45, 2.75) is 50.4 Å². The Labute approximate surface area is 211 Å². The third kappa shape index (κ3) is 5.42. The SMILES string of the molecule is COC(=O)[C@@H]1CCCC[C@H]1c1nc(C2CCOCC2)sc1-c1ccc(N2CCS(=O)(=O)CC2)cc1. The molecule has 2 saturated heterocycles. The number of methoxy groups -OCH3 is 1. The Morgan fingerprint density at radius 2 is 1.74 bits per heavy atom. The maximum atomic E-state index is 12.7. The fraction of sp³-hybridized carbons (Fsp3) is 0.615. The molecule has 3 fully saturated rings. The monoisotopic (exact) mass is 518 g/mol. The molecule has 0 amide bonds. The molecule has 0 spiro atoms. The highest BCUT2D eigenvalue weighted by Gasteiger charge is 2.37. The van der Waals surface area contributed by atoms with Crippen LogP contribution in [0.15, 0.2) is 24.3 Å². The number of anilines is 1. The van der Waals surface area contributed by atoms with Gasteiger partial charge < -0.3 is 14.4 Å². The molecule has 0 unspecified atom stereocenters. The van der Waals surface area contributed by atoms with Crippen LogP contribution < -0.4 is 4.90 Å². The van der Waals surface area contributed by atoms with E-state index in [0.29, 0.717) is 19.0 Å². The van der Waals surface area contributed by atoms with Crippen molar-refractivity contribution in [3.8, 4) is 10.4 Å². The number of rotatable bonds is 5. The lowest BCUT2D eigenvalue weighted by atomic mass is 9.76. The van der Waals surface area contributed by atoms with Gasteiger partial charge in [-0.1, -0.05) is 25.0 Å². The lowest BCUT2D eigenvalue weighted by Crippen LogP contribution is -2.40. The molecule has 0 radical (unpaired) electrons. The summed E-state index contributed by atoms with van der Waals surface area (Å²) in [5.41, 5.74) is 3.20. The molecule has 2 atom stereocenters. The van der Waals surface area contributed by atoms with Crippen LogP contribution in [0.1, 0.15) is 61.1 Å². The number of benzene rings is 1. The Hall–Kier alpha value is -1.97. The van der Waals surface area contributed by atoms with Gasteiger partial charge in [-0.05, 0) is 43.4 Å². The van der Waals surface area contributed by atoms with E-state index >= 15 is 0 Å². The molecule has 0 N–H and O–H groups in total. The predicted molar refractivity (Wildman–Crippen MR) is 138 cm³/mol. The quantitative estimate of drug-likeness (QED) is 0.543. The van der Waals surface area contributed by atoms with Gasteiger partial charge in [-0.2, -0.15) is 0 Å². The molecule has 2 aromatic rings. The number of aromatic nitrogens is 1. The summed E-state index contributed by atoms with van der Waals surface area (Å²) in [6, 6.07) is 8.42. The second-order valence-corrected chi connectivity index (χ2v) is 13.2. The van der Waals surface area contributed by atoms with Gasteiger partial charge in [0.15, 0.2) is 9.84 Å². The first-order valence-electron chi connectivity index (χ1n) is 12.7. The third-order valence-corrected chi connectivity index (χ3v) is 10.6. The zero-order valence-corrected chi connectivity index (χ0v) is 21.9. The number of ether oxygens (including phenoxy) is 2. The highest BCUT2D eigenvalue weighted by molar-refractivity contribution is 7.91. The average molecular weight is 519 g/mol. The molecule has 1 saturated carbocycles. The molecular formula is C26H34N2O5S2. The van der Waals surface area contributed by atoms with E-state index in [4.69, 9.17) is 14.5 Å². The van der Waals surface area contributed by atoms with E-state index in [1.165, 1.54) is 7.11 Å². The molecule has 2 aliphatic heterocycles. The highest BCUT2D eigenvalue weighted by Crippen LogP contribution is 2.46. The summed E-state index contributed by atoms with van der Waals surface area (Å²) in [6.45, 7) is 2.60. The van der Waals surface area contributed by atoms with E-state index in [-0.39, 0.29) is 29.3 Å². The molecule has 35 heavy (non-hydrogen) atoms. The summed E-state index contributed by atoms with van der Waals surface area (Å²) in [7, 11) is -1.43. The molecule has 0 bridgehead atoms. The zero-order chi connectivity index (χ0) is 24.4. The third-order valence-electron chi connectivity index (χ3n) is 7.70. The number of thiazole rings is 1. The summed E-state index contributed by atoms with van der Waals surface area (Å²) in [4.78, 5) is 21.2. The highest BCUT2D eigenvalue weighted by atomic mass is 32.2. The summed E-state index contributed by atoms with van der Waals surface area (Å²) >= 11 is 1.76. The molecule has 3 heterocycles. The molecule has 1 aliphatic carbocycles. The van der Waals surface area contributed by atoms with Crippen molar-refractivity contribution in [1.82, 2.24) is 4.98 Å². The maximum Gasteiger partial charge on any atom is 0.309 e. The standard InChI is InChI=1S/C26H34N2O5S2/c1-32-26(29)22-5-3-2-4-21(22)23-24(34-25(27-23)19-10-14-33-15-11-19)18-6-8-20(9-7-18)28-12-16-35(30,31)17-13-28/h6-9,19,21-22H,2-5,10-17H2,1H3/t21-,22-/m1/s1. The van der Waals surface area contributed by atoms with Crippen molar-refractivity contribution in [2.24, 2.45) is 5.92 Å². The maximum absolute atomic E-state index is 12.7. The molecule has 7 nitrogen and oxygen atoms in total. The van der Waals surface area contributed by atoms with Gasteiger partial charge in [-0.15, -0.1) is 11.3 Å². The fourth-order valence-corrected chi connectivity index (χ4v) is 8.12. The predicted octanol–water partition coefficient (Wildman–Crippen LogP) is 4.39. The zero-order valence-electron chi connectivity index (χ0n) is 20.3. The van der Waals surface area contributed by atoms with Gasteiger partial charge in [0.2, 0.25) is 0 Å². The Balaban J connectivity index is 1.47. The van der Waals surface area contributed by atoms with Crippen LogP contribution in [0.3, 0.4) is 0 Å². The van der Waals surface area contributed by atoms with E-state index in [0.717, 1.165) is 78.6 Å². The number of hydrogen-bond donors (Lipinski definition) is 0. The first-order chi connectivity index (χ1) is 16.9. The topological polar surface area (TPSA) is 85.8 Å². The number of esters is 1. The van der Waals surface area contributed by atoms with Crippen molar-refractivity contribution in [3.63, 3.8) is 0 Å². The number of sulfone groups is 1. The van der Waals surface area contributed by atoms with E-state index in [2.05, 4.69) is 29.2 Å². The summed E-state index contributed by atoms with van der Waals surface area (Å²) < 4.78 is 34.4. The number of nitrogens with zero attached hydrogens (tertiary/aromatic N) is 2. The number of carbonyl (C=O) groups is 1. The number of hydrogen-bond acceptors (Lipinski definition) is 8. The van der Waals surface area contributed by atoms with Gasteiger partial charge in [-0.3, -0.25) is 4.79 Å². The molecule has 1 aromatic heterocycles. The minimum atomic E-state index is -2.91. The van der Waals surface area contributed by atoms with Crippen LogP contribution in [0, 0.1) is 5.92 Å². The van der Waals surface area contributed by atoms with Crippen molar-refractivity contribution in [2.75, 3.05) is 49.8 Å². The van der Waals surface area contributed by atoms with Gasteiger partial charge in [0.25, 0.3) is 0 Å². The van der Waals surface area contributed by atoms with Crippen LogP contribution in [0.5, 0.6) is 0 Å². The van der Waals surface area contributed by atoms with Crippen LogP contribution in [0.25, 0.3) is 10.4 Å². The van der Waals surface area contributed by atoms with Gasteiger partial charge in [-0.25, -0.2) is 13.4 Å². The lowest BCUT2D eigenvalue weighted by Gasteiger charge is -2.29. The smallest absolute Gasteiger partial charge is 0.309 e. The van der Waals surface area contributed by atoms with Gasteiger partial charge >= 0.3 is 5.97 Å². The molecule has 9 heteroatoms. The van der Waals surface area contributed by atoms with Gasteiger partial charge in [0.05, 0.1) is 40.1 Å². The molecule has 1 aromatic carbocycles. The first-order valence-corrected chi connectivity index (χ1v) is 15.3. The van der Waals surface area contributed by atoms with Crippen LogP contribution in [-0.4, -0.2) is 64.3 Å². The Kier molecular flexibility index (Phi) is 7.46. The number of carbonyl (C=O) groups excluding carboxylic acids is 1. The second kappa shape index (κ2) is 10.6. The van der Waals surface area contributed by atoms with Crippen LogP contribution in [-0.2, 0) is 24.1 Å². The van der Waals surface area contributed by atoms with Crippen molar-refractivity contribution < 1.29 is 22.7 Å². The van der Waals surface area contributed by atoms with Crippen molar-refractivity contribution in [3.05, 3.63) is 35.0 Å². The summed E-state index contributed by atoms with van der Waals surface area (Å²) in [6.07, 6.45) is 5.89. The minimum Gasteiger partial charge on any atom is -0.469 e. The largest absolute Gasteiger partial charge is 0.469 e.